The van der Waals surface area contributed by atoms with Gasteiger partial charge in [0.15, 0.2) is 11.5 Å². The Morgan fingerprint density at radius 3 is 1.35 bits per heavy atom. The van der Waals surface area contributed by atoms with Gasteiger partial charge in [-0.05, 0) is 35.4 Å². The van der Waals surface area contributed by atoms with E-state index in [1.807, 2.05) is 60.7 Å². The minimum atomic E-state index is -0.482. The molecule has 0 unspecified atom stereocenters. The van der Waals surface area contributed by atoms with Crippen LogP contribution in [0.25, 0.3) is 44.2 Å². The van der Waals surface area contributed by atoms with E-state index in [1.165, 1.54) is 0 Å². The molecule has 0 aliphatic carbocycles. The van der Waals surface area contributed by atoms with E-state index in [1.54, 1.807) is 36.4 Å². The first kappa shape index (κ1) is 19.9. The third-order valence-corrected chi connectivity index (χ3v) is 5.92. The van der Waals surface area contributed by atoms with E-state index in [4.69, 9.17) is 8.83 Å². The predicted molar refractivity (Wildman–Crippen MR) is 130 cm³/mol. The summed E-state index contributed by atoms with van der Waals surface area (Å²) in [6, 6.07) is 28.5. The fourth-order valence-electron chi connectivity index (χ4n) is 4.44. The van der Waals surface area contributed by atoms with E-state index in [0.29, 0.717) is 33.1 Å². The summed E-state index contributed by atoms with van der Waals surface area (Å²) in [6.07, 6.45) is 0. The van der Waals surface area contributed by atoms with Gasteiger partial charge in [-0.25, -0.2) is 0 Å². The molecule has 5 heteroatoms. The summed E-state index contributed by atoms with van der Waals surface area (Å²) in [4.78, 5) is 14.0. The monoisotopic (exact) mass is 446 g/mol. The SMILES string of the molecule is O=C(c1oc2cccc(O)c2c1-c1ccccc1)c1oc2cccc(O)c2c1-c1ccccc1. The Balaban J connectivity index is 1.67. The number of hydrogen-bond acceptors (Lipinski definition) is 5. The Morgan fingerprint density at radius 2 is 0.941 bits per heavy atom. The quantitative estimate of drug-likeness (QED) is 0.281. The van der Waals surface area contributed by atoms with Crippen molar-refractivity contribution >= 4 is 27.7 Å². The highest BCUT2D eigenvalue weighted by Crippen LogP contribution is 2.44. The lowest BCUT2D eigenvalue weighted by molar-refractivity contribution is 0.0989. The molecular weight excluding hydrogens is 428 g/mol. The van der Waals surface area contributed by atoms with Gasteiger partial charge in [0.05, 0.1) is 10.8 Å². The lowest BCUT2D eigenvalue weighted by Gasteiger charge is -2.05. The van der Waals surface area contributed by atoms with E-state index in [2.05, 4.69) is 0 Å². The first-order chi connectivity index (χ1) is 16.6. The standard InChI is InChI=1S/C29H18O5/c30-19-13-7-15-21-25(19)23(17-9-3-1-4-10-17)28(33-21)27(32)29-24(18-11-5-2-6-12-18)26-20(31)14-8-16-22(26)34-29/h1-16,30-31H. The Kier molecular flexibility index (Phi) is 4.49. The number of furan rings is 2. The number of phenols is 2. The van der Waals surface area contributed by atoms with Gasteiger partial charge in [0.1, 0.15) is 22.7 Å². The van der Waals surface area contributed by atoms with Crippen molar-refractivity contribution in [1.29, 1.82) is 0 Å². The maximum absolute atomic E-state index is 14.0. The molecule has 2 aromatic heterocycles. The highest BCUT2D eigenvalue weighted by molar-refractivity contribution is 6.20. The number of fused-ring (bicyclic) bond motifs is 2. The number of hydrogen-bond donors (Lipinski definition) is 2. The largest absolute Gasteiger partial charge is 0.507 e. The minimum absolute atomic E-state index is 0.0182. The third kappa shape index (κ3) is 2.98. The van der Waals surface area contributed by atoms with Crippen molar-refractivity contribution in [3.05, 3.63) is 109 Å². The van der Waals surface area contributed by atoms with Crippen LogP contribution in [0.1, 0.15) is 16.3 Å². The molecule has 0 aliphatic heterocycles. The van der Waals surface area contributed by atoms with Crippen LogP contribution in [-0.2, 0) is 0 Å². The van der Waals surface area contributed by atoms with Gasteiger partial charge in [-0.15, -0.1) is 0 Å². The van der Waals surface area contributed by atoms with Crippen molar-refractivity contribution in [2.45, 2.75) is 0 Å². The number of benzene rings is 4. The molecule has 0 bridgehead atoms. The molecule has 0 atom stereocenters. The topological polar surface area (TPSA) is 83.8 Å². The van der Waals surface area contributed by atoms with Crippen LogP contribution in [0.2, 0.25) is 0 Å². The summed E-state index contributed by atoms with van der Waals surface area (Å²) in [5.41, 5.74) is 3.22. The van der Waals surface area contributed by atoms with Crippen molar-refractivity contribution in [3.63, 3.8) is 0 Å². The average Bonchev–Trinajstić information content (AvgIpc) is 3.46. The number of carbonyl (C=O) groups excluding carboxylic acids is 1. The van der Waals surface area contributed by atoms with Gasteiger partial charge in [-0.1, -0.05) is 72.8 Å². The minimum Gasteiger partial charge on any atom is -0.507 e. The molecule has 34 heavy (non-hydrogen) atoms. The molecule has 4 aromatic carbocycles. The molecule has 6 aromatic rings. The maximum atomic E-state index is 14.0. The molecule has 0 saturated carbocycles. The highest BCUT2D eigenvalue weighted by Gasteiger charge is 2.31. The van der Waals surface area contributed by atoms with Crippen LogP contribution in [0.4, 0.5) is 0 Å². The molecular formula is C29H18O5. The summed E-state index contributed by atoms with van der Waals surface area (Å²) in [6.45, 7) is 0. The zero-order valence-corrected chi connectivity index (χ0v) is 17.9. The number of carbonyl (C=O) groups is 1. The van der Waals surface area contributed by atoms with Gasteiger partial charge in [0.2, 0.25) is 0 Å². The lowest BCUT2D eigenvalue weighted by atomic mass is 9.96. The molecule has 164 valence electrons. The van der Waals surface area contributed by atoms with Crippen LogP contribution in [-0.4, -0.2) is 16.0 Å². The summed E-state index contributed by atoms with van der Waals surface area (Å²) >= 11 is 0. The summed E-state index contributed by atoms with van der Waals surface area (Å²) in [7, 11) is 0. The first-order valence-corrected chi connectivity index (χ1v) is 10.8. The normalized spacial score (nSPS) is 11.3. The number of rotatable bonds is 4. The summed E-state index contributed by atoms with van der Waals surface area (Å²) in [5.74, 6) is -0.338. The summed E-state index contributed by atoms with van der Waals surface area (Å²) < 4.78 is 12.1. The predicted octanol–water partition coefficient (Wildman–Crippen LogP) is 7.16. The molecule has 0 amide bonds. The molecule has 2 heterocycles. The molecule has 0 aliphatic rings. The van der Waals surface area contributed by atoms with E-state index < -0.39 is 5.78 Å². The second kappa shape index (κ2) is 7.67. The zero-order valence-electron chi connectivity index (χ0n) is 17.9. The number of ketones is 1. The van der Waals surface area contributed by atoms with Crippen molar-refractivity contribution in [1.82, 2.24) is 0 Å². The van der Waals surface area contributed by atoms with Crippen LogP contribution >= 0.6 is 0 Å². The fraction of sp³-hybridized carbons (Fsp3) is 0. The van der Waals surface area contributed by atoms with Gasteiger partial charge in [-0.2, -0.15) is 0 Å². The second-order valence-corrected chi connectivity index (χ2v) is 7.97. The molecule has 0 radical (unpaired) electrons. The van der Waals surface area contributed by atoms with Crippen LogP contribution in [0.3, 0.4) is 0 Å². The smallest absolute Gasteiger partial charge is 0.264 e. The van der Waals surface area contributed by atoms with Gasteiger partial charge in [-0.3, -0.25) is 4.79 Å². The van der Waals surface area contributed by atoms with Crippen LogP contribution in [0, 0.1) is 0 Å². The molecule has 5 nitrogen and oxygen atoms in total. The van der Waals surface area contributed by atoms with E-state index in [-0.39, 0.29) is 23.0 Å². The van der Waals surface area contributed by atoms with Crippen molar-refractivity contribution in [2.75, 3.05) is 0 Å². The van der Waals surface area contributed by atoms with E-state index in [9.17, 15) is 15.0 Å². The summed E-state index contributed by atoms with van der Waals surface area (Å²) in [5, 5.41) is 22.2. The zero-order chi connectivity index (χ0) is 23.2. The molecule has 0 saturated heterocycles. The lowest BCUT2D eigenvalue weighted by Crippen LogP contribution is -2.02. The van der Waals surface area contributed by atoms with Crippen molar-refractivity contribution in [3.8, 4) is 33.8 Å². The first-order valence-electron chi connectivity index (χ1n) is 10.8. The van der Waals surface area contributed by atoms with Crippen molar-refractivity contribution < 1.29 is 23.8 Å². The van der Waals surface area contributed by atoms with Crippen LogP contribution in [0.15, 0.2) is 106 Å². The number of phenolic OH excluding ortho intramolecular Hbond substituents is 2. The van der Waals surface area contributed by atoms with Gasteiger partial charge < -0.3 is 19.0 Å². The van der Waals surface area contributed by atoms with E-state index >= 15 is 0 Å². The van der Waals surface area contributed by atoms with Crippen molar-refractivity contribution in [2.24, 2.45) is 0 Å². The van der Waals surface area contributed by atoms with Gasteiger partial charge in [0, 0.05) is 11.1 Å². The Hall–Kier alpha value is -4.77. The second-order valence-electron chi connectivity index (χ2n) is 7.97. The van der Waals surface area contributed by atoms with E-state index in [0.717, 1.165) is 11.1 Å². The van der Waals surface area contributed by atoms with Gasteiger partial charge in [0.25, 0.3) is 5.78 Å². The third-order valence-electron chi connectivity index (χ3n) is 5.92. The number of aromatic hydroxyl groups is 2. The van der Waals surface area contributed by atoms with Crippen LogP contribution < -0.4 is 0 Å². The Labute approximate surface area is 194 Å². The molecule has 2 N–H and O–H groups in total. The Bertz CT molecular complexity index is 1550. The fourth-order valence-corrected chi connectivity index (χ4v) is 4.44. The highest BCUT2D eigenvalue weighted by atomic mass is 16.4. The van der Waals surface area contributed by atoms with Gasteiger partial charge >= 0.3 is 0 Å². The Morgan fingerprint density at radius 1 is 0.529 bits per heavy atom. The molecule has 0 spiro atoms. The molecule has 6 rings (SSSR count). The van der Waals surface area contributed by atoms with Crippen LogP contribution in [0.5, 0.6) is 11.5 Å². The molecule has 0 fully saturated rings. The maximum Gasteiger partial charge on any atom is 0.264 e. The average molecular weight is 446 g/mol.